The second-order valence-corrected chi connectivity index (χ2v) is 4.37. The molecule has 21 heavy (non-hydrogen) atoms. The number of amides is 1. The molecular weight excluding hydrogens is 266 g/mol. The van der Waals surface area contributed by atoms with E-state index in [4.69, 9.17) is 5.26 Å². The second kappa shape index (κ2) is 7.01. The minimum absolute atomic E-state index is 0.290. The molecule has 2 aromatic rings. The highest BCUT2D eigenvalue weighted by molar-refractivity contribution is 6.03. The number of carbonyl (C=O) groups is 1. The highest BCUT2D eigenvalue weighted by Crippen LogP contribution is 2.10. The number of hydrogen-bond acceptors (Lipinski definition) is 5. The Balaban J connectivity index is 2.00. The summed E-state index contributed by atoms with van der Waals surface area (Å²) in [7, 11) is 0. The molecule has 0 spiro atoms. The molecule has 2 rings (SSSR count). The number of carbonyl (C=O) groups excluding carboxylic acids is 1. The van der Waals surface area contributed by atoms with Gasteiger partial charge in [0.1, 0.15) is 0 Å². The van der Waals surface area contributed by atoms with Gasteiger partial charge in [0.25, 0.3) is 5.91 Å². The summed E-state index contributed by atoms with van der Waals surface area (Å²) in [6.07, 6.45) is 3.93. The van der Waals surface area contributed by atoms with Crippen LogP contribution in [0.15, 0.2) is 36.7 Å². The Morgan fingerprint density at radius 1 is 1.24 bits per heavy atom. The molecule has 0 aliphatic carbocycles. The molecule has 0 bridgehead atoms. The summed E-state index contributed by atoms with van der Waals surface area (Å²) in [4.78, 5) is 20.2. The van der Waals surface area contributed by atoms with Crippen LogP contribution in [0.5, 0.6) is 0 Å². The average Bonchev–Trinajstić information content (AvgIpc) is 2.54. The lowest BCUT2D eigenvalue weighted by Crippen LogP contribution is -2.13. The smallest absolute Gasteiger partial charge is 0.258 e. The van der Waals surface area contributed by atoms with Gasteiger partial charge < -0.3 is 10.6 Å². The zero-order valence-corrected chi connectivity index (χ0v) is 11.6. The fourth-order valence-electron chi connectivity index (χ4n) is 1.60. The molecule has 1 aromatic heterocycles. The lowest BCUT2D eigenvalue weighted by Gasteiger charge is -2.06. The van der Waals surface area contributed by atoms with Gasteiger partial charge in [-0.2, -0.15) is 5.26 Å². The van der Waals surface area contributed by atoms with Crippen LogP contribution in [-0.4, -0.2) is 22.4 Å². The first-order chi connectivity index (χ1) is 10.2. The predicted octanol–water partition coefficient (Wildman–Crippen LogP) is 2.42. The highest BCUT2D eigenvalue weighted by atomic mass is 16.1. The summed E-state index contributed by atoms with van der Waals surface area (Å²) in [5, 5.41) is 14.5. The van der Waals surface area contributed by atoms with E-state index < -0.39 is 0 Å². The Labute approximate surface area is 122 Å². The predicted molar refractivity (Wildman–Crippen MR) is 79.9 cm³/mol. The summed E-state index contributed by atoms with van der Waals surface area (Å²) in [5.74, 6) is 0.216. The van der Waals surface area contributed by atoms with E-state index in [0.717, 1.165) is 13.0 Å². The molecule has 2 N–H and O–H groups in total. The van der Waals surface area contributed by atoms with Crippen molar-refractivity contribution in [2.45, 2.75) is 13.3 Å². The first kappa shape index (κ1) is 14.5. The van der Waals surface area contributed by atoms with Crippen LogP contribution in [0.1, 0.15) is 29.3 Å². The van der Waals surface area contributed by atoms with Crippen LogP contribution in [0.2, 0.25) is 0 Å². The summed E-state index contributed by atoms with van der Waals surface area (Å²) in [6, 6.07) is 8.66. The second-order valence-electron chi connectivity index (χ2n) is 4.37. The van der Waals surface area contributed by atoms with Crippen molar-refractivity contribution in [2.75, 3.05) is 17.2 Å². The summed E-state index contributed by atoms with van der Waals surface area (Å²) >= 11 is 0. The number of benzene rings is 1. The van der Waals surface area contributed by atoms with Crippen molar-refractivity contribution >= 4 is 17.5 Å². The van der Waals surface area contributed by atoms with Gasteiger partial charge in [-0.25, -0.2) is 9.97 Å². The Kier molecular flexibility index (Phi) is 4.83. The van der Waals surface area contributed by atoms with Gasteiger partial charge in [-0.3, -0.25) is 4.79 Å². The third-order valence-corrected chi connectivity index (χ3v) is 2.72. The number of hydrogen-bond donors (Lipinski definition) is 2. The average molecular weight is 281 g/mol. The maximum Gasteiger partial charge on any atom is 0.258 e. The maximum atomic E-state index is 12.0. The summed E-state index contributed by atoms with van der Waals surface area (Å²) in [6.45, 7) is 2.84. The first-order valence-corrected chi connectivity index (χ1v) is 6.60. The van der Waals surface area contributed by atoms with E-state index >= 15 is 0 Å². The fraction of sp³-hybridized carbons (Fsp3) is 0.200. The van der Waals surface area contributed by atoms with E-state index in [9.17, 15) is 4.79 Å². The number of rotatable bonds is 5. The Morgan fingerprint density at radius 3 is 2.48 bits per heavy atom. The molecule has 0 saturated carbocycles. The summed E-state index contributed by atoms with van der Waals surface area (Å²) < 4.78 is 0. The molecule has 6 heteroatoms. The molecule has 106 valence electrons. The number of anilines is 2. The van der Waals surface area contributed by atoms with Crippen molar-refractivity contribution < 1.29 is 4.79 Å². The van der Waals surface area contributed by atoms with E-state index in [1.54, 1.807) is 24.3 Å². The van der Waals surface area contributed by atoms with Gasteiger partial charge in [-0.05, 0) is 30.7 Å². The molecule has 0 radical (unpaired) electrons. The van der Waals surface area contributed by atoms with Crippen LogP contribution in [0.4, 0.5) is 11.6 Å². The zero-order chi connectivity index (χ0) is 15.1. The lowest BCUT2D eigenvalue weighted by atomic mass is 10.2. The number of nitrogens with zero attached hydrogens (tertiary/aromatic N) is 3. The van der Waals surface area contributed by atoms with Crippen LogP contribution in [0.3, 0.4) is 0 Å². The topological polar surface area (TPSA) is 90.7 Å². The molecule has 1 amide bonds. The number of nitrogens with one attached hydrogen (secondary N) is 2. The Bertz CT molecular complexity index is 643. The molecule has 0 aliphatic heterocycles. The molecule has 1 heterocycles. The van der Waals surface area contributed by atoms with Gasteiger partial charge in [0, 0.05) is 24.6 Å². The minimum atomic E-state index is -0.290. The van der Waals surface area contributed by atoms with E-state index in [1.807, 2.05) is 13.0 Å². The minimum Gasteiger partial charge on any atom is -0.354 e. The van der Waals surface area contributed by atoms with Gasteiger partial charge in [0.2, 0.25) is 5.95 Å². The standard InChI is InChI=1S/C15H15N5O/c1-2-7-17-15-18-9-12(10-19-15)14(21)20-13-5-3-11(8-16)4-6-13/h3-6,9-10H,2,7H2,1H3,(H,20,21)(H,17,18,19). The van der Waals surface area contributed by atoms with Crippen molar-refractivity contribution in [3.05, 3.63) is 47.8 Å². The number of aromatic nitrogens is 2. The van der Waals surface area contributed by atoms with E-state index in [-0.39, 0.29) is 5.91 Å². The van der Waals surface area contributed by atoms with Crippen LogP contribution in [0, 0.1) is 11.3 Å². The zero-order valence-electron chi connectivity index (χ0n) is 11.6. The highest BCUT2D eigenvalue weighted by Gasteiger charge is 2.07. The van der Waals surface area contributed by atoms with Crippen LogP contribution in [-0.2, 0) is 0 Å². The molecule has 0 fully saturated rings. The van der Waals surface area contributed by atoms with Crippen molar-refractivity contribution in [3.8, 4) is 6.07 Å². The monoisotopic (exact) mass is 281 g/mol. The third-order valence-electron chi connectivity index (χ3n) is 2.72. The lowest BCUT2D eigenvalue weighted by molar-refractivity contribution is 0.102. The molecule has 6 nitrogen and oxygen atoms in total. The summed E-state index contributed by atoms with van der Waals surface area (Å²) in [5.41, 5.74) is 1.54. The van der Waals surface area contributed by atoms with Gasteiger partial charge in [-0.1, -0.05) is 6.92 Å². The molecule has 0 saturated heterocycles. The maximum absolute atomic E-state index is 12.0. The molecule has 0 atom stereocenters. The fourth-order valence-corrected chi connectivity index (χ4v) is 1.60. The first-order valence-electron chi connectivity index (χ1n) is 6.60. The SMILES string of the molecule is CCCNc1ncc(C(=O)Nc2ccc(C#N)cc2)cn1. The van der Waals surface area contributed by atoms with Crippen LogP contribution < -0.4 is 10.6 Å². The van der Waals surface area contributed by atoms with Gasteiger partial charge in [0.05, 0.1) is 17.2 Å². The van der Waals surface area contributed by atoms with Gasteiger partial charge in [0.15, 0.2) is 0 Å². The van der Waals surface area contributed by atoms with E-state index in [2.05, 4.69) is 20.6 Å². The van der Waals surface area contributed by atoms with Gasteiger partial charge in [-0.15, -0.1) is 0 Å². The largest absolute Gasteiger partial charge is 0.354 e. The molecule has 0 unspecified atom stereocenters. The van der Waals surface area contributed by atoms with Gasteiger partial charge >= 0.3 is 0 Å². The molecule has 0 aliphatic rings. The van der Waals surface area contributed by atoms with Crippen molar-refractivity contribution in [1.82, 2.24) is 9.97 Å². The normalized spacial score (nSPS) is 9.71. The third kappa shape index (κ3) is 4.01. The Hall–Kier alpha value is -2.94. The number of nitriles is 1. The van der Waals surface area contributed by atoms with Crippen molar-refractivity contribution in [3.63, 3.8) is 0 Å². The van der Waals surface area contributed by atoms with Crippen molar-refractivity contribution in [1.29, 1.82) is 5.26 Å². The molecule has 1 aromatic carbocycles. The van der Waals surface area contributed by atoms with Crippen molar-refractivity contribution in [2.24, 2.45) is 0 Å². The quantitative estimate of drug-likeness (QED) is 0.878. The van der Waals surface area contributed by atoms with Crippen LogP contribution in [0.25, 0.3) is 0 Å². The molecular formula is C15H15N5O. The van der Waals surface area contributed by atoms with E-state index in [0.29, 0.717) is 22.8 Å². The van der Waals surface area contributed by atoms with Crippen LogP contribution >= 0.6 is 0 Å². The van der Waals surface area contributed by atoms with E-state index in [1.165, 1.54) is 12.4 Å². The Morgan fingerprint density at radius 2 is 1.90 bits per heavy atom.